The Morgan fingerprint density at radius 1 is 0.980 bits per heavy atom. The highest BCUT2D eigenvalue weighted by molar-refractivity contribution is 6.32. The maximum absolute atomic E-state index is 9.98. The molecule has 266 valence electrons. The zero-order chi connectivity index (χ0) is 36.1. The molecule has 1 aliphatic heterocycles. The van der Waals surface area contributed by atoms with Crippen LogP contribution in [0.15, 0.2) is 71.4 Å². The third-order valence-corrected chi connectivity index (χ3v) is 10.0. The molecule has 12 heteroatoms. The van der Waals surface area contributed by atoms with Gasteiger partial charge in [-0.15, -0.1) is 0 Å². The molecular weight excluding hydrogens is 668 g/mol. The maximum Gasteiger partial charge on any atom is 0.298 e. The first-order valence-electron chi connectivity index (χ1n) is 16.9. The lowest BCUT2D eigenvalue weighted by molar-refractivity contribution is 0.0104. The monoisotopic (exact) mass is 710 g/mol. The van der Waals surface area contributed by atoms with Gasteiger partial charge in [-0.2, -0.15) is 10.2 Å². The van der Waals surface area contributed by atoms with Crippen LogP contribution in [0.5, 0.6) is 11.5 Å². The quantitative estimate of drug-likeness (QED) is 0.154. The summed E-state index contributed by atoms with van der Waals surface area (Å²) in [5, 5.41) is 29.7. The fourth-order valence-electron chi connectivity index (χ4n) is 5.99. The van der Waals surface area contributed by atoms with Crippen LogP contribution in [0.25, 0.3) is 22.2 Å². The number of aliphatic hydroxyl groups excluding tert-OH is 2. The van der Waals surface area contributed by atoms with Crippen LogP contribution in [-0.2, 0) is 19.8 Å². The zero-order valence-corrected chi connectivity index (χ0v) is 30.2. The van der Waals surface area contributed by atoms with Gasteiger partial charge in [-0.05, 0) is 74.5 Å². The van der Waals surface area contributed by atoms with E-state index in [9.17, 15) is 15.5 Å². The van der Waals surface area contributed by atoms with Crippen molar-refractivity contribution < 1.29 is 24.1 Å². The molecule has 0 saturated carbocycles. The summed E-state index contributed by atoms with van der Waals surface area (Å²) >= 11 is 6.81. The second kappa shape index (κ2) is 15.7. The normalized spacial score (nSPS) is 13.9. The average Bonchev–Trinajstić information content (AvgIpc) is 3.58. The fraction of sp³-hybridized carbons (Fsp3) is 0.359. The van der Waals surface area contributed by atoms with Crippen molar-refractivity contribution in [3.05, 3.63) is 99.8 Å². The van der Waals surface area contributed by atoms with Crippen molar-refractivity contribution in [1.29, 1.82) is 5.26 Å². The molecule has 3 heterocycles. The van der Waals surface area contributed by atoms with Gasteiger partial charge in [-0.25, -0.2) is 0 Å². The molecule has 0 radical (unpaired) electrons. The molecule has 0 unspecified atom stereocenters. The lowest BCUT2D eigenvalue weighted by Crippen LogP contribution is -2.49. The second-order valence-corrected chi connectivity index (χ2v) is 13.8. The molecular formula is C39H43ClN6O5. The molecule has 0 amide bonds. The Kier molecular flexibility index (Phi) is 11.1. The predicted molar refractivity (Wildman–Crippen MR) is 197 cm³/mol. The summed E-state index contributed by atoms with van der Waals surface area (Å²) < 4.78 is 18.7. The maximum atomic E-state index is 9.98. The van der Waals surface area contributed by atoms with Crippen molar-refractivity contribution in [2.24, 2.45) is 0 Å². The molecule has 2 aromatic heterocycles. The number of anilines is 1. The molecule has 3 aromatic carbocycles. The molecule has 1 aliphatic rings. The van der Waals surface area contributed by atoms with Crippen LogP contribution in [-0.4, -0.2) is 89.0 Å². The van der Waals surface area contributed by atoms with Crippen molar-refractivity contribution in [1.82, 2.24) is 19.8 Å². The number of rotatable bonds is 13. The number of likely N-dealkylation sites (N-methyl/N-ethyl adjacent to an activating group) is 2. The zero-order valence-electron chi connectivity index (χ0n) is 29.4. The summed E-state index contributed by atoms with van der Waals surface area (Å²) in [5.74, 6) is 0.962. The summed E-state index contributed by atoms with van der Waals surface area (Å²) in [7, 11) is 3.94. The van der Waals surface area contributed by atoms with Crippen molar-refractivity contribution in [3.63, 3.8) is 0 Å². The minimum absolute atomic E-state index is 0.158. The highest BCUT2D eigenvalue weighted by Gasteiger charge is 2.29. The van der Waals surface area contributed by atoms with E-state index in [-0.39, 0.29) is 26.4 Å². The van der Waals surface area contributed by atoms with Crippen LogP contribution < -0.4 is 14.4 Å². The Labute approximate surface area is 303 Å². The lowest BCUT2D eigenvalue weighted by atomic mass is 9.96. The number of halogens is 1. The Bertz CT molecular complexity index is 2030. The number of hydrogen-bond acceptors (Lipinski definition) is 11. The molecule has 0 spiro atoms. The second-order valence-electron chi connectivity index (χ2n) is 13.4. The van der Waals surface area contributed by atoms with Crippen LogP contribution in [0.4, 0.5) is 6.01 Å². The van der Waals surface area contributed by atoms with Gasteiger partial charge in [0.2, 0.25) is 0 Å². The number of nitrogens with zero attached hydrogens (tertiary/aromatic N) is 6. The predicted octanol–water partition coefficient (Wildman–Crippen LogP) is 5.81. The lowest BCUT2D eigenvalue weighted by Gasteiger charge is -2.36. The summed E-state index contributed by atoms with van der Waals surface area (Å²) in [6, 6.07) is 20.3. The minimum atomic E-state index is -0.863. The summed E-state index contributed by atoms with van der Waals surface area (Å²) in [5.41, 5.74) is 6.80. The minimum Gasteiger partial charge on any atom is -0.488 e. The third-order valence-electron chi connectivity index (χ3n) is 9.73. The fourth-order valence-corrected chi connectivity index (χ4v) is 6.24. The Hall–Kier alpha value is -4.70. The van der Waals surface area contributed by atoms with E-state index in [0.717, 1.165) is 70.7 Å². The van der Waals surface area contributed by atoms with Crippen LogP contribution in [0.2, 0.25) is 5.02 Å². The van der Waals surface area contributed by atoms with E-state index >= 15 is 0 Å². The number of ether oxygens (including phenoxy) is 2. The number of fused-ring (bicyclic) bond motifs is 1. The van der Waals surface area contributed by atoms with E-state index in [0.29, 0.717) is 34.6 Å². The Morgan fingerprint density at radius 2 is 1.75 bits per heavy atom. The molecule has 2 N–H and O–H groups in total. The first-order chi connectivity index (χ1) is 24.6. The van der Waals surface area contributed by atoms with Gasteiger partial charge >= 0.3 is 0 Å². The van der Waals surface area contributed by atoms with E-state index in [1.165, 1.54) is 6.20 Å². The molecule has 1 saturated heterocycles. The van der Waals surface area contributed by atoms with Crippen LogP contribution in [0.1, 0.15) is 34.7 Å². The summed E-state index contributed by atoms with van der Waals surface area (Å²) in [6.07, 6.45) is 3.15. The topological polar surface area (TPSA) is 131 Å². The number of nitriles is 1. The number of oxazole rings is 1. The van der Waals surface area contributed by atoms with Gasteiger partial charge in [0.15, 0.2) is 5.58 Å². The molecule has 51 heavy (non-hydrogen) atoms. The summed E-state index contributed by atoms with van der Waals surface area (Å²) in [6.45, 7) is 7.85. The Morgan fingerprint density at radius 3 is 2.49 bits per heavy atom. The van der Waals surface area contributed by atoms with Crippen LogP contribution in [0, 0.1) is 18.3 Å². The number of benzene rings is 3. The first kappa shape index (κ1) is 36.1. The van der Waals surface area contributed by atoms with E-state index in [4.69, 9.17) is 30.5 Å². The molecule has 0 aliphatic carbocycles. The van der Waals surface area contributed by atoms with Gasteiger partial charge in [0.1, 0.15) is 36.3 Å². The molecule has 6 rings (SSSR count). The van der Waals surface area contributed by atoms with E-state index in [1.54, 1.807) is 31.3 Å². The average molecular weight is 711 g/mol. The molecule has 0 atom stereocenters. The third kappa shape index (κ3) is 8.12. The SMILES string of the molecule is Cc1c(COc2cc(OCc3cncc(C#N)c3)c(CN(C)C(C)(CO)CO)cc2Cl)cccc1-c1ccc2oc(N3CCN(C)CC3)nc2c1. The van der Waals surface area contributed by atoms with Crippen LogP contribution in [0.3, 0.4) is 0 Å². The van der Waals surface area contributed by atoms with Gasteiger partial charge in [0.25, 0.3) is 6.01 Å². The van der Waals surface area contributed by atoms with Gasteiger partial charge in [0, 0.05) is 62.3 Å². The standard InChI is InChI=1S/C39H43ClN6O5/c1-26-30(6-5-7-32(26)29-8-9-35-34(16-29)43-38(51-35)46-12-10-44(3)11-13-46)23-50-37-17-36(49-22-28-14-27(18-41)19-42-20-28)31(15-33(37)40)21-45(4)39(2,24-47)25-48/h5-9,14-17,19-20,47-48H,10-13,21-25H2,1-4H3. The number of pyridine rings is 1. The number of piperazine rings is 1. The number of aromatic nitrogens is 2. The van der Waals surface area contributed by atoms with Crippen molar-refractivity contribution in [2.75, 3.05) is 58.4 Å². The Balaban J connectivity index is 1.23. The highest BCUT2D eigenvalue weighted by atomic mass is 35.5. The smallest absolute Gasteiger partial charge is 0.298 e. The first-order valence-corrected chi connectivity index (χ1v) is 17.3. The highest BCUT2D eigenvalue weighted by Crippen LogP contribution is 2.36. The number of hydrogen-bond donors (Lipinski definition) is 2. The van der Waals surface area contributed by atoms with E-state index < -0.39 is 5.54 Å². The van der Waals surface area contributed by atoms with Gasteiger partial charge in [0.05, 0.1) is 29.3 Å². The number of aliphatic hydroxyl groups is 2. The van der Waals surface area contributed by atoms with Gasteiger partial charge in [-0.1, -0.05) is 35.9 Å². The van der Waals surface area contributed by atoms with E-state index in [2.05, 4.69) is 53.0 Å². The van der Waals surface area contributed by atoms with Gasteiger partial charge < -0.3 is 33.9 Å². The molecule has 5 aromatic rings. The molecule has 11 nitrogen and oxygen atoms in total. The van der Waals surface area contributed by atoms with Crippen molar-refractivity contribution in [2.45, 2.75) is 39.1 Å². The van der Waals surface area contributed by atoms with Gasteiger partial charge in [-0.3, -0.25) is 9.88 Å². The van der Waals surface area contributed by atoms with Crippen LogP contribution >= 0.6 is 11.6 Å². The van der Waals surface area contributed by atoms with Crippen molar-refractivity contribution in [3.8, 4) is 28.7 Å². The summed E-state index contributed by atoms with van der Waals surface area (Å²) in [4.78, 5) is 15.3. The largest absolute Gasteiger partial charge is 0.488 e. The molecule has 1 fully saturated rings. The van der Waals surface area contributed by atoms with Crippen molar-refractivity contribution >= 4 is 28.7 Å². The van der Waals surface area contributed by atoms with E-state index in [1.807, 2.05) is 30.1 Å². The molecule has 0 bridgehead atoms.